The number of aromatic nitrogens is 3. The van der Waals surface area contributed by atoms with Gasteiger partial charge in [0.15, 0.2) is 0 Å². The number of benzene rings is 4. The van der Waals surface area contributed by atoms with Crippen LogP contribution < -0.4 is 4.74 Å². The van der Waals surface area contributed by atoms with Crippen molar-refractivity contribution in [2.75, 3.05) is 6.61 Å². The number of hydrogen-bond donors (Lipinski definition) is 0. The van der Waals surface area contributed by atoms with Gasteiger partial charge in [0.05, 0.1) is 17.6 Å². The Kier molecular flexibility index (Phi) is 8.92. The summed E-state index contributed by atoms with van der Waals surface area (Å²) in [5, 5.41) is 11.3. The first-order chi connectivity index (χ1) is 23.7. The predicted octanol–water partition coefficient (Wildman–Crippen LogP) is 11.6. The van der Waals surface area contributed by atoms with Crippen molar-refractivity contribution in [3.8, 4) is 34.3 Å². The molecule has 0 spiro atoms. The van der Waals surface area contributed by atoms with Gasteiger partial charge in [0.25, 0.3) is 0 Å². The van der Waals surface area contributed by atoms with Gasteiger partial charge in [0.1, 0.15) is 5.75 Å². The van der Waals surface area contributed by atoms with Crippen molar-refractivity contribution in [1.82, 2.24) is 14.8 Å². The maximum absolute atomic E-state index is 6.46. The van der Waals surface area contributed by atoms with E-state index in [9.17, 15) is 0 Å². The molecule has 4 aromatic carbocycles. The number of ether oxygens (including phenoxy) is 1. The van der Waals surface area contributed by atoms with Gasteiger partial charge in [-0.3, -0.25) is 0 Å². The van der Waals surface area contributed by atoms with E-state index >= 15 is 0 Å². The standard InChI is InChI=1S/C44H43N3O2/c1-28(2)30(5)21-32-23-35(22-31(6)29(3)4)36(24-32)27-48-38-16-12-14-34(26-38)44-46-45-43(49-44)33-13-11-15-37(25-33)47-41-19-9-7-17-39(41)40-18-8-10-20-42(40)47/h7-22,25-26,32,35-36H,1,3,23-24,27H2,2,4-6H3/b30-21+,31-22+. The van der Waals surface area contributed by atoms with Gasteiger partial charge in [-0.25, -0.2) is 0 Å². The van der Waals surface area contributed by atoms with E-state index in [1.807, 2.05) is 36.4 Å². The topological polar surface area (TPSA) is 53.1 Å². The third-order valence-electron chi connectivity index (χ3n) is 9.98. The lowest BCUT2D eigenvalue weighted by molar-refractivity contribution is 0.230. The second-order valence-corrected chi connectivity index (χ2v) is 13.6. The molecule has 0 saturated heterocycles. The SMILES string of the molecule is C=C(C)/C(C)=C/C1CC(/C=C(\C)C(=C)C)C(COc2cccc(-c3nnc(-c4cccc(-n5c6ccccc6c6ccccc65)c4)o3)c2)C1. The second kappa shape index (κ2) is 13.6. The highest BCUT2D eigenvalue weighted by Gasteiger charge is 2.32. The number of para-hydroxylation sites is 2. The van der Waals surface area contributed by atoms with Crippen LogP contribution in [-0.2, 0) is 0 Å². The second-order valence-electron chi connectivity index (χ2n) is 13.6. The van der Waals surface area contributed by atoms with Gasteiger partial charge in [-0.15, -0.1) is 10.2 Å². The lowest BCUT2D eigenvalue weighted by atomic mass is 9.93. The fraction of sp³-hybridized carbons (Fsp3) is 0.227. The van der Waals surface area contributed by atoms with Crippen LogP contribution in [0.4, 0.5) is 0 Å². The fourth-order valence-electron chi connectivity index (χ4n) is 7.05. The Morgan fingerprint density at radius 2 is 1.33 bits per heavy atom. The van der Waals surface area contributed by atoms with Gasteiger partial charge >= 0.3 is 0 Å². The van der Waals surface area contributed by atoms with Crippen LogP contribution in [0.25, 0.3) is 50.4 Å². The molecule has 0 aliphatic heterocycles. The van der Waals surface area contributed by atoms with Crippen LogP contribution in [0.1, 0.15) is 40.5 Å². The zero-order chi connectivity index (χ0) is 34.1. The van der Waals surface area contributed by atoms with Crippen molar-refractivity contribution in [2.24, 2.45) is 17.8 Å². The van der Waals surface area contributed by atoms with Gasteiger partial charge in [0, 0.05) is 27.6 Å². The Hall–Kier alpha value is -5.42. The minimum absolute atomic E-state index is 0.397. The molecule has 1 aliphatic rings. The van der Waals surface area contributed by atoms with Crippen molar-refractivity contribution in [3.05, 3.63) is 145 Å². The molecule has 2 heterocycles. The Morgan fingerprint density at radius 3 is 1.98 bits per heavy atom. The number of allylic oxidation sites excluding steroid dienone is 6. The first-order valence-corrected chi connectivity index (χ1v) is 17.1. The molecule has 49 heavy (non-hydrogen) atoms. The van der Waals surface area contributed by atoms with Crippen LogP contribution in [0.5, 0.6) is 5.75 Å². The monoisotopic (exact) mass is 645 g/mol. The average Bonchev–Trinajstić information content (AvgIpc) is 3.84. The van der Waals surface area contributed by atoms with Gasteiger partial charge in [0.2, 0.25) is 11.8 Å². The summed E-state index contributed by atoms with van der Waals surface area (Å²) in [4.78, 5) is 0. The van der Waals surface area contributed by atoms with Crippen LogP contribution in [0.3, 0.4) is 0 Å². The average molecular weight is 646 g/mol. The van der Waals surface area contributed by atoms with Gasteiger partial charge in [-0.05, 0) is 107 Å². The number of hydrogen-bond acceptors (Lipinski definition) is 4. The maximum Gasteiger partial charge on any atom is 0.248 e. The molecule has 3 atom stereocenters. The van der Waals surface area contributed by atoms with E-state index in [2.05, 4.69) is 128 Å². The van der Waals surface area contributed by atoms with E-state index in [0.717, 1.165) is 57.6 Å². The van der Waals surface area contributed by atoms with Crippen LogP contribution in [0, 0.1) is 17.8 Å². The Labute approximate surface area is 289 Å². The third kappa shape index (κ3) is 6.66. The highest BCUT2D eigenvalue weighted by atomic mass is 16.5. The zero-order valence-electron chi connectivity index (χ0n) is 28.8. The Balaban J connectivity index is 1.11. The van der Waals surface area contributed by atoms with E-state index in [1.165, 1.54) is 21.9 Å². The molecule has 3 unspecified atom stereocenters. The Bertz CT molecular complexity index is 2190. The van der Waals surface area contributed by atoms with Crippen molar-refractivity contribution < 1.29 is 9.15 Å². The molecule has 0 radical (unpaired) electrons. The summed E-state index contributed by atoms with van der Waals surface area (Å²) in [6.45, 7) is 17.4. The molecule has 5 nitrogen and oxygen atoms in total. The molecule has 0 N–H and O–H groups in total. The first-order valence-electron chi connectivity index (χ1n) is 17.1. The molecule has 6 aromatic rings. The van der Waals surface area contributed by atoms with Crippen molar-refractivity contribution in [3.63, 3.8) is 0 Å². The maximum atomic E-state index is 6.46. The number of rotatable bonds is 10. The van der Waals surface area contributed by atoms with Crippen molar-refractivity contribution >= 4 is 21.8 Å². The molecule has 7 rings (SSSR count). The lowest BCUT2D eigenvalue weighted by Gasteiger charge is -2.18. The molecule has 0 amide bonds. The molecule has 1 saturated carbocycles. The van der Waals surface area contributed by atoms with Crippen LogP contribution in [0.15, 0.2) is 149 Å². The third-order valence-corrected chi connectivity index (χ3v) is 9.98. The summed E-state index contributed by atoms with van der Waals surface area (Å²) in [5.41, 5.74) is 9.81. The summed E-state index contributed by atoms with van der Waals surface area (Å²) in [6.07, 6.45) is 6.97. The minimum Gasteiger partial charge on any atom is -0.493 e. The fourth-order valence-corrected chi connectivity index (χ4v) is 7.05. The smallest absolute Gasteiger partial charge is 0.248 e. The van der Waals surface area contributed by atoms with E-state index in [4.69, 9.17) is 9.15 Å². The minimum atomic E-state index is 0.397. The predicted molar refractivity (Wildman–Crippen MR) is 202 cm³/mol. The largest absolute Gasteiger partial charge is 0.493 e. The van der Waals surface area contributed by atoms with Gasteiger partial charge in [-0.1, -0.05) is 96.1 Å². The van der Waals surface area contributed by atoms with Crippen LogP contribution >= 0.6 is 0 Å². The molecular weight excluding hydrogens is 603 g/mol. The first kappa shape index (κ1) is 32.1. The molecule has 5 heteroatoms. The van der Waals surface area contributed by atoms with Gasteiger partial charge in [-0.2, -0.15) is 0 Å². The Morgan fingerprint density at radius 1 is 0.735 bits per heavy atom. The molecule has 246 valence electrons. The van der Waals surface area contributed by atoms with E-state index < -0.39 is 0 Å². The summed E-state index contributed by atoms with van der Waals surface area (Å²) < 4.78 is 15.0. The summed E-state index contributed by atoms with van der Waals surface area (Å²) in [6, 6.07) is 33.2. The van der Waals surface area contributed by atoms with Crippen molar-refractivity contribution in [2.45, 2.75) is 40.5 Å². The number of fused-ring (bicyclic) bond motifs is 3. The van der Waals surface area contributed by atoms with E-state index in [0.29, 0.717) is 36.1 Å². The highest BCUT2D eigenvalue weighted by Crippen LogP contribution is 2.41. The number of nitrogens with zero attached hydrogens (tertiary/aromatic N) is 3. The van der Waals surface area contributed by atoms with E-state index in [-0.39, 0.29) is 0 Å². The van der Waals surface area contributed by atoms with E-state index in [1.54, 1.807) is 0 Å². The molecule has 1 aliphatic carbocycles. The normalized spacial score (nSPS) is 18.3. The van der Waals surface area contributed by atoms with Crippen molar-refractivity contribution in [1.29, 1.82) is 0 Å². The molecule has 2 aromatic heterocycles. The molecule has 1 fully saturated rings. The summed E-state index contributed by atoms with van der Waals surface area (Å²) in [5.74, 6) is 3.05. The molecular formula is C44H43N3O2. The zero-order valence-corrected chi connectivity index (χ0v) is 28.8. The lowest BCUT2D eigenvalue weighted by Crippen LogP contribution is -2.15. The highest BCUT2D eigenvalue weighted by molar-refractivity contribution is 6.09. The summed E-state index contributed by atoms with van der Waals surface area (Å²) in [7, 11) is 0. The van der Waals surface area contributed by atoms with Gasteiger partial charge < -0.3 is 13.7 Å². The van der Waals surface area contributed by atoms with Crippen LogP contribution in [0.2, 0.25) is 0 Å². The quantitative estimate of drug-likeness (QED) is 0.139. The summed E-state index contributed by atoms with van der Waals surface area (Å²) >= 11 is 0. The van der Waals surface area contributed by atoms with Crippen LogP contribution in [-0.4, -0.2) is 21.4 Å². The molecule has 0 bridgehead atoms.